The van der Waals surface area contributed by atoms with Crippen molar-refractivity contribution in [1.29, 1.82) is 0 Å². The summed E-state index contributed by atoms with van der Waals surface area (Å²) in [5.41, 5.74) is -0.228. The fraction of sp³-hybridized carbons (Fsp3) is 0.417. The number of halogens is 1. The standard InChI is InChI=1S/C12H13ClN2O5/c13-11-9(2-1-3-10(11)15(17)18)12(16)14-6-8-7-19-4-5-20-8/h1-3,8H,4-7H2,(H,14,16). The van der Waals surface area contributed by atoms with Crippen LogP contribution in [0.15, 0.2) is 18.2 Å². The second kappa shape index (κ2) is 6.65. The van der Waals surface area contributed by atoms with Gasteiger partial charge >= 0.3 is 0 Å². The van der Waals surface area contributed by atoms with Crippen LogP contribution in [0.4, 0.5) is 5.69 Å². The summed E-state index contributed by atoms with van der Waals surface area (Å²) in [5, 5.41) is 13.2. The lowest BCUT2D eigenvalue weighted by atomic mass is 10.2. The van der Waals surface area contributed by atoms with Crippen LogP contribution in [0.1, 0.15) is 10.4 Å². The molecule has 1 aromatic rings. The van der Waals surface area contributed by atoms with E-state index in [0.29, 0.717) is 19.8 Å². The molecule has 0 spiro atoms. The SMILES string of the molecule is O=C(NCC1COCCO1)c1cccc([N+](=O)[O-])c1Cl. The Morgan fingerprint density at radius 2 is 2.30 bits per heavy atom. The molecule has 1 amide bonds. The number of hydrogen-bond donors (Lipinski definition) is 1. The van der Waals surface area contributed by atoms with Crippen LogP contribution < -0.4 is 5.32 Å². The van der Waals surface area contributed by atoms with Gasteiger partial charge in [-0.1, -0.05) is 17.7 Å². The van der Waals surface area contributed by atoms with E-state index in [4.69, 9.17) is 21.1 Å². The number of hydrogen-bond acceptors (Lipinski definition) is 5. The van der Waals surface area contributed by atoms with Crippen molar-refractivity contribution in [3.63, 3.8) is 0 Å². The van der Waals surface area contributed by atoms with E-state index in [1.54, 1.807) is 0 Å². The van der Waals surface area contributed by atoms with E-state index in [9.17, 15) is 14.9 Å². The number of carbonyl (C=O) groups excluding carboxylic acids is 1. The van der Waals surface area contributed by atoms with Gasteiger partial charge in [0.05, 0.1) is 36.4 Å². The highest BCUT2D eigenvalue weighted by Gasteiger charge is 2.21. The van der Waals surface area contributed by atoms with E-state index < -0.39 is 10.8 Å². The smallest absolute Gasteiger partial charge is 0.288 e. The van der Waals surface area contributed by atoms with E-state index in [2.05, 4.69) is 5.32 Å². The molecule has 1 aliphatic rings. The Balaban J connectivity index is 2.01. The first-order valence-corrected chi connectivity index (χ1v) is 6.38. The van der Waals surface area contributed by atoms with Gasteiger partial charge in [-0.05, 0) is 6.07 Å². The maximum Gasteiger partial charge on any atom is 0.288 e. The third-order valence-corrected chi connectivity index (χ3v) is 3.19. The van der Waals surface area contributed by atoms with Gasteiger partial charge in [-0.2, -0.15) is 0 Å². The Hall–Kier alpha value is -1.70. The number of nitrogens with one attached hydrogen (secondary N) is 1. The number of nitro benzene ring substituents is 1. The van der Waals surface area contributed by atoms with Crippen LogP contribution in [0.5, 0.6) is 0 Å². The zero-order valence-electron chi connectivity index (χ0n) is 10.5. The molecule has 1 unspecified atom stereocenters. The van der Waals surface area contributed by atoms with Crippen molar-refractivity contribution < 1.29 is 19.2 Å². The molecule has 1 heterocycles. The first kappa shape index (κ1) is 14.7. The summed E-state index contributed by atoms with van der Waals surface area (Å²) < 4.78 is 10.6. The van der Waals surface area contributed by atoms with Crippen LogP contribution in [0.3, 0.4) is 0 Å². The molecule has 0 aromatic heterocycles. The minimum atomic E-state index is -0.628. The maximum absolute atomic E-state index is 12.0. The molecule has 1 N–H and O–H groups in total. The quantitative estimate of drug-likeness (QED) is 0.670. The largest absolute Gasteiger partial charge is 0.376 e. The molecule has 0 radical (unpaired) electrons. The second-order valence-corrected chi connectivity index (χ2v) is 4.55. The highest BCUT2D eigenvalue weighted by molar-refractivity contribution is 6.35. The van der Waals surface area contributed by atoms with E-state index in [0.717, 1.165) is 0 Å². The molecular weight excluding hydrogens is 288 g/mol. The highest BCUT2D eigenvalue weighted by Crippen LogP contribution is 2.27. The lowest BCUT2D eigenvalue weighted by molar-refractivity contribution is -0.384. The average molecular weight is 301 g/mol. The molecule has 0 aliphatic carbocycles. The van der Waals surface area contributed by atoms with Gasteiger partial charge in [0.25, 0.3) is 11.6 Å². The van der Waals surface area contributed by atoms with Crippen molar-refractivity contribution in [2.45, 2.75) is 6.10 Å². The molecule has 2 rings (SSSR count). The van der Waals surface area contributed by atoms with Crippen LogP contribution >= 0.6 is 11.6 Å². The summed E-state index contributed by atoms with van der Waals surface area (Å²) >= 11 is 5.86. The van der Waals surface area contributed by atoms with E-state index in [1.807, 2.05) is 0 Å². The fourth-order valence-corrected chi connectivity index (χ4v) is 2.07. The van der Waals surface area contributed by atoms with Gasteiger partial charge in [-0.25, -0.2) is 0 Å². The minimum Gasteiger partial charge on any atom is -0.376 e. The molecule has 1 saturated heterocycles. The van der Waals surface area contributed by atoms with E-state index in [-0.39, 0.29) is 28.9 Å². The van der Waals surface area contributed by atoms with Crippen LogP contribution in [-0.4, -0.2) is 43.3 Å². The summed E-state index contributed by atoms with van der Waals surface area (Å²) in [4.78, 5) is 22.1. The lowest BCUT2D eigenvalue weighted by Gasteiger charge is -2.23. The minimum absolute atomic E-state index is 0.0672. The van der Waals surface area contributed by atoms with Crippen LogP contribution in [0.2, 0.25) is 5.02 Å². The number of ether oxygens (including phenoxy) is 2. The number of nitro groups is 1. The Bertz CT molecular complexity index is 517. The molecule has 108 valence electrons. The van der Waals surface area contributed by atoms with E-state index >= 15 is 0 Å². The zero-order chi connectivity index (χ0) is 14.5. The first-order chi connectivity index (χ1) is 9.59. The average Bonchev–Trinajstić information content (AvgIpc) is 2.46. The monoisotopic (exact) mass is 300 g/mol. The molecule has 0 saturated carbocycles. The fourth-order valence-electron chi connectivity index (χ4n) is 1.79. The summed E-state index contributed by atoms with van der Waals surface area (Å²) in [6.45, 7) is 1.69. The predicted molar refractivity (Wildman–Crippen MR) is 71.0 cm³/mol. The van der Waals surface area contributed by atoms with Gasteiger partial charge in [0.2, 0.25) is 0 Å². The summed E-state index contributed by atoms with van der Waals surface area (Å²) in [7, 11) is 0. The molecule has 20 heavy (non-hydrogen) atoms. The van der Waals surface area contributed by atoms with Crippen molar-refractivity contribution in [2.75, 3.05) is 26.4 Å². The van der Waals surface area contributed by atoms with Crippen LogP contribution in [-0.2, 0) is 9.47 Å². The van der Waals surface area contributed by atoms with Crippen LogP contribution in [0, 0.1) is 10.1 Å². The molecule has 1 aromatic carbocycles. The number of carbonyl (C=O) groups is 1. The molecule has 8 heteroatoms. The molecule has 7 nitrogen and oxygen atoms in total. The van der Waals surface area contributed by atoms with Crippen molar-refractivity contribution in [3.05, 3.63) is 38.9 Å². The van der Waals surface area contributed by atoms with Crippen molar-refractivity contribution in [1.82, 2.24) is 5.32 Å². The molecule has 0 bridgehead atoms. The van der Waals surface area contributed by atoms with Crippen molar-refractivity contribution in [2.24, 2.45) is 0 Å². The number of benzene rings is 1. The molecule has 1 fully saturated rings. The summed E-state index contributed by atoms with van der Waals surface area (Å²) in [6.07, 6.45) is -0.217. The van der Waals surface area contributed by atoms with E-state index in [1.165, 1.54) is 18.2 Å². The van der Waals surface area contributed by atoms with Gasteiger partial charge in [0, 0.05) is 12.6 Å². The lowest BCUT2D eigenvalue weighted by Crippen LogP contribution is -2.39. The van der Waals surface area contributed by atoms with Gasteiger partial charge in [0.15, 0.2) is 0 Å². The first-order valence-electron chi connectivity index (χ1n) is 6.00. The van der Waals surface area contributed by atoms with Gasteiger partial charge in [-0.15, -0.1) is 0 Å². The molecular formula is C12H13ClN2O5. The second-order valence-electron chi connectivity index (χ2n) is 4.17. The van der Waals surface area contributed by atoms with Gasteiger partial charge < -0.3 is 14.8 Å². The Morgan fingerprint density at radius 1 is 1.50 bits per heavy atom. The Morgan fingerprint density at radius 3 is 2.95 bits per heavy atom. The van der Waals surface area contributed by atoms with Gasteiger partial charge in [0.1, 0.15) is 5.02 Å². The topological polar surface area (TPSA) is 90.7 Å². The number of amides is 1. The van der Waals surface area contributed by atoms with Crippen LogP contribution in [0.25, 0.3) is 0 Å². The van der Waals surface area contributed by atoms with Crippen molar-refractivity contribution >= 4 is 23.2 Å². The number of nitrogens with zero attached hydrogens (tertiary/aromatic N) is 1. The molecule has 1 atom stereocenters. The zero-order valence-corrected chi connectivity index (χ0v) is 11.3. The maximum atomic E-state index is 12.0. The highest BCUT2D eigenvalue weighted by atomic mass is 35.5. The predicted octanol–water partition coefficient (Wildman–Crippen LogP) is 1.39. The normalized spacial score (nSPS) is 18.6. The third kappa shape index (κ3) is 3.44. The third-order valence-electron chi connectivity index (χ3n) is 2.79. The Labute approximate surface area is 120 Å². The molecule has 1 aliphatic heterocycles. The summed E-state index contributed by atoms with van der Waals surface area (Å²) in [6, 6.07) is 4.10. The van der Waals surface area contributed by atoms with Gasteiger partial charge in [-0.3, -0.25) is 14.9 Å². The summed E-state index contributed by atoms with van der Waals surface area (Å²) in [5.74, 6) is -0.479. The Kier molecular flexibility index (Phi) is 4.89. The van der Waals surface area contributed by atoms with Crippen molar-refractivity contribution in [3.8, 4) is 0 Å². The number of rotatable bonds is 4.